The van der Waals surface area contributed by atoms with E-state index < -0.39 is 0 Å². The van der Waals surface area contributed by atoms with Gasteiger partial charge in [0.1, 0.15) is 5.75 Å². The molecule has 6 heteroatoms. The molecule has 0 bridgehead atoms. The molecule has 1 aromatic heterocycles. The van der Waals surface area contributed by atoms with Crippen LogP contribution in [0.3, 0.4) is 0 Å². The first-order chi connectivity index (χ1) is 13.2. The summed E-state index contributed by atoms with van der Waals surface area (Å²) in [4.78, 5) is 27.2. The van der Waals surface area contributed by atoms with Crippen molar-refractivity contribution >= 4 is 18.0 Å². The number of nitrogens with one attached hydrogen (secondary N) is 1. The Bertz CT molecular complexity index is 760. The van der Waals surface area contributed by atoms with Crippen molar-refractivity contribution in [3.8, 4) is 5.75 Å². The molecular formula is C21H24N2O4. The number of ether oxygens (including phenoxy) is 2. The predicted molar refractivity (Wildman–Crippen MR) is 103 cm³/mol. The van der Waals surface area contributed by atoms with Crippen molar-refractivity contribution in [3.05, 3.63) is 66.0 Å². The monoisotopic (exact) mass is 368 g/mol. The van der Waals surface area contributed by atoms with E-state index in [1.807, 2.05) is 36.4 Å². The molecule has 2 aromatic rings. The number of benzene rings is 1. The fraction of sp³-hybridized carbons (Fsp3) is 0.286. The summed E-state index contributed by atoms with van der Waals surface area (Å²) in [6.07, 6.45) is 7.55. The highest BCUT2D eigenvalue weighted by Gasteiger charge is 2.02. The van der Waals surface area contributed by atoms with Crippen LogP contribution in [-0.2, 0) is 20.9 Å². The zero-order valence-electron chi connectivity index (χ0n) is 15.4. The van der Waals surface area contributed by atoms with Gasteiger partial charge in [-0.1, -0.05) is 18.2 Å². The number of aromatic nitrogens is 1. The highest BCUT2D eigenvalue weighted by atomic mass is 16.5. The highest BCUT2D eigenvalue weighted by molar-refractivity contribution is 5.91. The van der Waals surface area contributed by atoms with E-state index in [0.29, 0.717) is 38.3 Å². The first-order valence-electron chi connectivity index (χ1n) is 8.90. The third kappa shape index (κ3) is 8.18. The van der Waals surface area contributed by atoms with Crippen molar-refractivity contribution in [3.63, 3.8) is 0 Å². The van der Waals surface area contributed by atoms with Gasteiger partial charge in [0.2, 0.25) is 5.91 Å². The molecule has 0 spiro atoms. The molecule has 0 atom stereocenters. The van der Waals surface area contributed by atoms with Gasteiger partial charge in [-0.15, -0.1) is 0 Å². The van der Waals surface area contributed by atoms with Crippen LogP contribution in [0.15, 0.2) is 54.9 Å². The maximum absolute atomic E-state index is 11.9. The summed E-state index contributed by atoms with van der Waals surface area (Å²) in [5.74, 6) is 0.298. The van der Waals surface area contributed by atoms with Crippen LogP contribution >= 0.6 is 0 Å². The van der Waals surface area contributed by atoms with Gasteiger partial charge in [0.25, 0.3) is 0 Å². The van der Waals surface area contributed by atoms with E-state index in [9.17, 15) is 9.59 Å². The second kappa shape index (κ2) is 11.5. The van der Waals surface area contributed by atoms with Crippen LogP contribution in [0.2, 0.25) is 0 Å². The molecule has 27 heavy (non-hydrogen) atoms. The highest BCUT2D eigenvalue weighted by Crippen LogP contribution is 2.15. The maximum Gasteiger partial charge on any atom is 0.305 e. The van der Waals surface area contributed by atoms with Gasteiger partial charge in [0.05, 0.1) is 13.2 Å². The van der Waals surface area contributed by atoms with Gasteiger partial charge in [-0.25, -0.2) is 0 Å². The molecule has 0 saturated heterocycles. The van der Waals surface area contributed by atoms with Crippen LogP contribution in [0.4, 0.5) is 0 Å². The van der Waals surface area contributed by atoms with Gasteiger partial charge < -0.3 is 14.8 Å². The zero-order valence-corrected chi connectivity index (χ0v) is 15.4. The van der Waals surface area contributed by atoms with E-state index in [0.717, 1.165) is 11.1 Å². The number of hydrogen-bond donors (Lipinski definition) is 1. The second-order valence-corrected chi connectivity index (χ2v) is 5.74. The molecule has 0 aliphatic heterocycles. The molecule has 1 N–H and O–H groups in total. The molecule has 0 fully saturated rings. The Balaban J connectivity index is 1.76. The zero-order chi connectivity index (χ0) is 19.3. The van der Waals surface area contributed by atoms with E-state index in [1.54, 1.807) is 25.4 Å². The van der Waals surface area contributed by atoms with E-state index in [1.165, 1.54) is 6.08 Å². The Morgan fingerprint density at radius 3 is 2.89 bits per heavy atom. The summed E-state index contributed by atoms with van der Waals surface area (Å²) < 4.78 is 10.5. The summed E-state index contributed by atoms with van der Waals surface area (Å²) >= 11 is 0. The maximum atomic E-state index is 11.9. The smallest absolute Gasteiger partial charge is 0.305 e. The van der Waals surface area contributed by atoms with Crippen molar-refractivity contribution in [2.75, 3.05) is 13.2 Å². The third-order valence-electron chi connectivity index (χ3n) is 3.57. The van der Waals surface area contributed by atoms with Crippen LogP contribution in [0.5, 0.6) is 5.75 Å². The largest absolute Gasteiger partial charge is 0.494 e. The molecule has 0 saturated carbocycles. The summed E-state index contributed by atoms with van der Waals surface area (Å²) in [5.41, 5.74) is 1.80. The Morgan fingerprint density at radius 1 is 1.22 bits per heavy atom. The number of nitrogens with zero attached hydrogens (tertiary/aromatic N) is 1. The Labute approximate surface area is 159 Å². The Morgan fingerprint density at radius 2 is 2.11 bits per heavy atom. The van der Waals surface area contributed by atoms with E-state index >= 15 is 0 Å². The van der Waals surface area contributed by atoms with E-state index in [-0.39, 0.29) is 11.9 Å². The van der Waals surface area contributed by atoms with Gasteiger partial charge >= 0.3 is 5.97 Å². The minimum absolute atomic E-state index is 0.181. The first-order valence-corrected chi connectivity index (χ1v) is 8.90. The molecule has 0 aliphatic rings. The van der Waals surface area contributed by atoms with E-state index in [4.69, 9.17) is 9.47 Å². The molecular weight excluding hydrogens is 344 g/mol. The number of esters is 1. The van der Waals surface area contributed by atoms with Gasteiger partial charge in [0, 0.05) is 31.4 Å². The van der Waals surface area contributed by atoms with Crippen LogP contribution in [-0.4, -0.2) is 30.1 Å². The van der Waals surface area contributed by atoms with Crippen LogP contribution in [0, 0.1) is 0 Å². The second-order valence-electron chi connectivity index (χ2n) is 5.74. The normalized spacial score (nSPS) is 10.6. The number of amides is 1. The van der Waals surface area contributed by atoms with Gasteiger partial charge in [0.15, 0.2) is 0 Å². The molecule has 1 aromatic carbocycles. The van der Waals surface area contributed by atoms with Crippen LogP contribution in [0.1, 0.15) is 30.9 Å². The predicted octanol–water partition coefficient (Wildman–Crippen LogP) is 3.13. The van der Waals surface area contributed by atoms with Crippen molar-refractivity contribution in [2.45, 2.75) is 26.3 Å². The molecule has 0 unspecified atom stereocenters. The number of rotatable bonds is 10. The summed E-state index contributed by atoms with van der Waals surface area (Å²) in [5, 5.41) is 2.81. The summed E-state index contributed by atoms with van der Waals surface area (Å²) in [7, 11) is 0. The Kier molecular flexibility index (Phi) is 8.56. The fourth-order valence-corrected chi connectivity index (χ4v) is 2.27. The van der Waals surface area contributed by atoms with Gasteiger partial charge in [-0.2, -0.15) is 0 Å². The molecule has 0 aliphatic carbocycles. The fourth-order valence-electron chi connectivity index (χ4n) is 2.27. The standard InChI is InChI=1S/C21H24N2O4/c1-2-26-21(25)9-5-13-27-19-8-3-6-17(14-19)10-11-20(24)23-16-18-7-4-12-22-15-18/h3-4,6-8,10-12,14-15H,2,5,9,13,16H2,1H3,(H,23,24)/b11-10+. The van der Waals surface area contributed by atoms with Crippen molar-refractivity contribution in [1.29, 1.82) is 0 Å². The van der Waals surface area contributed by atoms with Crippen LogP contribution < -0.4 is 10.1 Å². The number of carbonyl (C=O) groups is 2. The lowest BCUT2D eigenvalue weighted by molar-refractivity contribution is -0.143. The van der Waals surface area contributed by atoms with Gasteiger partial charge in [-0.3, -0.25) is 14.6 Å². The summed E-state index contributed by atoms with van der Waals surface area (Å²) in [6.45, 7) is 3.04. The quantitative estimate of drug-likeness (QED) is 0.396. The molecule has 142 valence electrons. The minimum Gasteiger partial charge on any atom is -0.494 e. The SMILES string of the molecule is CCOC(=O)CCCOc1cccc(/C=C/C(=O)NCc2cccnc2)c1. The minimum atomic E-state index is -0.213. The molecule has 1 amide bonds. The topological polar surface area (TPSA) is 77.5 Å². The average molecular weight is 368 g/mol. The average Bonchev–Trinajstić information content (AvgIpc) is 2.69. The lowest BCUT2D eigenvalue weighted by atomic mass is 10.2. The summed E-state index contributed by atoms with van der Waals surface area (Å²) in [6, 6.07) is 11.2. The van der Waals surface area contributed by atoms with E-state index in [2.05, 4.69) is 10.3 Å². The number of pyridine rings is 1. The first kappa shape index (κ1) is 20.2. The third-order valence-corrected chi connectivity index (χ3v) is 3.57. The molecule has 1 heterocycles. The number of carbonyl (C=O) groups excluding carboxylic acids is 2. The van der Waals surface area contributed by atoms with Crippen molar-refractivity contribution in [1.82, 2.24) is 10.3 Å². The molecule has 6 nitrogen and oxygen atoms in total. The van der Waals surface area contributed by atoms with Gasteiger partial charge in [-0.05, 0) is 48.7 Å². The molecule has 2 rings (SSSR count). The Hall–Kier alpha value is -3.15. The molecule has 0 radical (unpaired) electrons. The van der Waals surface area contributed by atoms with Crippen molar-refractivity contribution < 1.29 is 19.1 Å². The lowest BCUT2D eigenvalue weighted by Crippen LogP contribution is -2.20. The van der Waals surface area contributed by atoms with Crippen molar-refractivity contribution in [2.24, 2.45) is 0 Å². The van der Waals surface area contributed by atoms with Crippen LogP contribution in [0.25, 0.3) is 6.08 Å². The lowest BCUT2D eigenvalue weighted by Gasteiger charge is -2.07. The number of hydrogen-bond acceptors (Lipinski definition) is 5.